The first kappa shape index (κ1) is 69.2. The Morgan fingerprint density at radius 3 is 1.59 bits per heavy atom. The Hall–Kier alpha value is -3.07. The van der Waals surface area contributed by atoms with Crippen molar-refractivity contribution < 1.29 is 88.8 Å². The number of carbonyl (C=O) groups is 3. The molecule has 4 aliphatic rings. The predicted molar refractivity (Wildman–Crippen MR) is 270 cm³/mol. The van der Waals surface area contributed by atoms with Crippen LogP contribution in [0.5, 0.6) is 0 Å². The van der Waals surface area contributed by atoms with E-state index in [4.69, 9.17) is 29.2 Å². The molecule has 0 aromatic heterocycles. The summed E-state index contributed by atoms with van der Waals surface area (Å²) in [7, 11) is 1.00. The van der Waals surface area contributed by atoms with Gasteiger partial charge in [0.2, 0.25) is 0 Å². The molecule has 2 saturated heterocycles. The van der Waals surface area contributed by atoms with Crippen LogP contribution >= 0.6 is 0 Å². The fourth-order valence-corrected chi connectivity index (χ4v) is 7.31. The SMILES string of the molecule is C.C1CCOC1.CCCCCC(/C=C/C=C\C=C\C=C\[C@@H](O)[C@@H](O)CCCC(=O)O)C1CC1.CCCCCC(/C=C/C=C\C=C\C=C\[C@H]1OC(=O)O[C@H]1CCCC(=O)OCC)C1CC1.CO.[Na+].[OH-]. The summed E-state index contributed by atoms with van der Waals surface area (Å²) in [5, 5.41) is 35.1. The number of cyclic esters (lactones) is 2. The van der Waals surface area contributed by atoms with Crippen molar-refractivity contribution in [1.29, 1.82) is 0 Å². The number of aliphatic hydroxyl groups is 3. The molecule has 0 radical (unpaired) electrons. The number of carboxylic acids is 1. The zero-order chi connectivity index (χ0) is 47.8. The second-order valence-corrected chi connectivity index (χ2v) is 16.9. The molecule has 2 heterocycles. The van der Waals surface area contributed by atoms with E-state index in [1.165, 1.54) is 96.0 Å². The predicted octanol–water partition coefficient (Wildman–Crippen LogP) is 9.12. The third kappa shape index (κ3) is 38.7. The summed E-state index contributed by atoms with van der Waals surface area (Å²) >= 11 is 0. The molecule has 2 saturated carbocycles. The van der Waals surface area contributed by atoms with E-state index >= 15 is 0 Å². The van der Waals surface area contributed by atoms with E-state index in [0.29, 0.717) is 32.3 Å². The van der Waals surface area contributed by atoms with E-state index in [0.717, 1.165) is 44.0 Å². The summed E-state index contributed by atoms with van der Waals surface area (Å²) < 4.78 is 20.2. The van der Waals surface area contributed by atoms with E-state index < -0.39 is 30.4 Å². The van der Waals surface area contributed by atoms with Crippen LogP contribution in [0.4, 0.5) is 4.79 Å². The summed E-state index contributed by atoms with van der Waals surface area (Å²) in [6, 6.07) is 0. The number of carboxylic acid groups (broad SMARTS) is 1. The number of unbranched alkanes of at least 4 members (excludes halogenated alkanes) is 4. The molecule has 0 bridgehead atoms. The first-order valence-electron chi connectivity index (χ1n) is 24.7. The van der Waals surface area contributed by atoms with Crippen LogP contribution in [0.1, 0.15) is 157 Å². The van der Waals surface area contributed by atoms with E-state index in [-0.39, 0.29) is 67.4 Å². The molecular formula is C55H91NaO12. The number of aliphatic carboxylic acids is 1. The number of esters is 1. The average molecular weight is 967 g/mol. The van der Waals surface area contributed by atoms with E-state index in [1.54, 1.807) is 19.1 Å². The monoisotopic (exact) mass is 967 g/mol. The number of aliphatic hydroxyl groups excluding tert-OH is 3. The van der Waals surface area contributed by atoms with Gasteiger partial charge in [0.15, 0.2) is 6.10 Å². The van der Waals surface area contributed by atoms with Crippen molar-refractivity contribution in [2.45, 2.75) is 181 Å². The Kier molecular flexibility index (Phi) is 48.4. The Labute approximate surface area is 433 Å². The molecule has 13 heteroatoms. The molecule has 384 valence electrons. The largest absolute Gasteiger partial charge is 1.00 e. The number of carbonyl (C=O) groups excluding carboxylic acids is 2. The minimum Gasteiger partial charge on any atom is -0.870 e. The van der Waals surface area contributed by atoms with Crippen LogP contribution in [0.15, 0.2) is 97.2 Å². The quantitative estimate of drug-likeness (QED) is 0.0231. The van der Waals surface area contributed by atoms with Crippen LogP contribution in [-0.2, 0) is 28.5 Å². The topological polar surface area (TPSA) is 199 Å². The zero-order valence-electron chi connectivity index (χ0n) is 41.7. The van der Waals surface area contributed by atoms with Gasteiger partial charge in [0, 0.05) is 33.2 Å². The van der Waals surface area contributed by atoms with Crippen LogP contribution in [0.3, 0.4) is 0 Å². The first-order valence-corrected chi connectivity index (χ1v) is 24.7. The molecule has 0 spiro atoms. The third-order valence-corrected chi connectivity index (χ3v) is 11.3. The third-order valence-electron chi connectivity index (χ3n) is 11.3. The summed E-state index contributed by atoms with van der Waals surface area (Å²) in [5.41, 5.74) is 0. The Morgan fingerprint density at radius 1 is 0.662 bits per heavy atom. The van der Waals surface area contributed by atoms with Gasteiger partial charge >= 0.3 is 47.7 Å². The standard InChI is InChI=1S/C26H38O5.C23H36O4.C4H8O.CH4O.CH4.Na.H2O/c1-3-5-10-14-21(22-19-20-22)15-11-8-6-7-9-12-16-23-24(31-26(28)30-23)17-13-18-25(27)29-4-2;1-2-3-8-12-19(20-17-18-20)13-9-6-4-5-7-10-14-21(24)22(25)15-11-16-23(26)27;1-2-4-5-3-1;1-2;;;/h6-9,11-12,15-16,21-24H,3-5,10,13-14,17-20H2,1-2H3;4-7,9-10,13-14,19-22,24-25H,2-3,8,11-12,15-18H2,1H3,(H,26,27);1-4H2;2H,1H3;1H4;;1H2/q;;;;;+1;/p-1/b8-6-,9-7+,15-11+,16-12+;6-4-,7-5+,13-9+,14-10+;;;;;/t21?,23-,24+;19?,21-,22+;;;;;/m11...../s1. The van der Waals surface area contributed by atoms with Crippen molar-refractivity contribution >= 4 is 18.1 Å². The molecule has 2 aliphatic heterocycles. The molecular weight excluding hydrogens is 876 g/mol. The van der Waals surface area contributed by atoms with Gasteiger partial charge in [-0.25, -0.2) is 4.79 Å². The number of allylic oxidation sites excluding steroid dienone is 14. The Bertz CT molecular complexity index is 1460. The van der Waals surface area contributed by atoms with Crippen molar-refractivity contribution in [2.24, 2.45) is 23.7 Å². The first-order chi connectivity index (χ1) is 31.7. The smallest absolute Gasteiger partial charge is 0.870 e. The molecule has 5 N–H and O–H groups in total. The van der Waals surface area contributed by atoms with Gasteiger partial charge in [-0.05, 0) is 114 Å². The number of ether oxygens (including phenoxy) is 4. The summed E-state index contributed by atoms with van der Waals surface area (Å²) in [4.78, 5) is 33.3. The normalized spacial score (nSPS) is 19.6. The van der Waals surface area contributed by atoms with Crippen molar-refractivity contribution in [2.75, 3.05) is 26.9 Å². The van der Waals surface area contributed by atoms with Crippen LogP contribution in [0.2, 0.25) is 0 Å². The van der Waals surface area contributed by atoms with Crippen molar-refractivity contribution in [3.05, 3.63) is 97.2 Å². The van der Waals surface area contributed by atoms with Gasteiger partial charge in [-0.3, -0.25) is 9.59 Å². The molecule has 4 fully saturated rings. The van der Waals surface area contributed by atoms with Crippen LogP contribution in [0.25, 0.3) is 0 Å². The number of rotatable bonds is 30. The molecule has 6 atom stereocenters. The molecule has 2 unspecified atom stereocenters. The summed E-state index contributed by atoms with van der Waals surface area (Å²) in [6.45, 7) is 8.65. The van der Waals surface area contributed by atoms with Gasteiger partial charge in [0.05, 0.1) is 18.8 Å². The molecule has 0 aromatic carbocycles. The number of hydrogen-bond acceptors (Lipinski definition) is 11. The molecule has 12 nitrogen and oxygen atoms in total. The molecule has 2 aliphatic carbocycles. The minimum atomic E-state index is -0.977. The van der Waals surface area contributed by atoms with Crippen molar-refractivity contribution in [3.63, 3.8) is 0 Å². The maximum Gasteiger partial charge on any atom is 1.00 e. The van der Waals surface area contributed by atoms with Gasteiger partial charge in [-0.2, -0.15) is 0 Å². The van der Waals surface area contributed by atoms with E-state index in [9.17, 15) is 24.6 Å². The fourth-order valence-electron chi connectivity index (χ4n) is 7.31. The maximum absolute atomic E-state index is 11.5. The Morgan fingerprint density at radius 2 is 1.15 bits per heavy atom. The van der Waals surface area contributed by atoms with Gasteiger partial charge in [0.1, 0.15) is 6.10 Å². The van der Waals surface area contributed by atoms with Gasteiger partial charge < -0.3 is 44.8 Å². The molecule has 68 heavy (non-hydrogen) atoms. The van der Waals surface area contributed by atoms with Crippen molar-refractivity contribution in [3.8, 4) is 0 Å². The van der Waals surface area contributed by atoms with Crippen LogP contribution < -0.4 is 29.6 Å². The van der Waals surface area contributed by atoms with Crippen LogP contribution in [-0.4, -0.2) is 95.3 Å². The average Bonchev–Trinajstić information content (AvgIpc) is 4.23. The molecule has 4 rings (SSSR count). The van der Waals surface area contributed by atoms with Gasteiger partial charge in [-0.15, -0.1) is 0 Å². The summed E-state index contributed by atoms with van der Waals surface area (Å²) in [6.07, 6.45) is 48.8. The zero-order valence-corrected chi connectivity index (χ0v) is 43.7. The fraction of sp³-hybridized carbons (Fsp3) is 0.655. The van der Waals surface area contributed by atoms with Crippen LogP contribution in [0, 0.1) is 23.7 Å². The molecule has 0 amide bonds. The van der Waals surface area contributed by atoms with E-state index in [1.807, 2.05) is 48.6 Å². The van der Waals surface area contributed by atoms with Crippen molar-refractivity contribution in [1.82, 2.24) is 0 Å². The van der Waals surface area contributed by atoms with E-state index in [2.05, 4.69) is 44.2 Å². The second-order valence-electron chi connectivity index (χ2n) is 16.9. The van der Waals surface area contributed by atoms with Gasteiger partial charge in [-0.1, -0.05) is 151 Å². The Balaban J connectivity index is -0.00000105. The second kappa shape index (κ2) is 47.6. The number of hydrogen-bond donors (Lipinski definition) is 4. The summed E-state index contributed by atoms with van der Waals surface area (Å²) in [5.74, 6) is 2.14. The van der Waals surface area contributed by atoms with Gasteiger partial charge in [0.25, 0.3) is 0 Å². The maximum atomic E-state index is 11.5. The minimum absolute atomic E-state index is 0. The molecule has 0 aromatic rings.